The zero-order valence-electron chi connectivity index (χ0n) is 63.4. The van der Waals surface area contributed by atoms with Crippen molar-refractivity contribution in [2.75, 3.05) is 19.8 Å². The highest BCUT2D eigenvalue weighted by atomic mass is 32.2. The fourth-order valence-electron chi connectivity index (χ4n) is 26.3. The molecule has 12 aliphatic carbocycles. The number of esters is 8. The van der Waals surface area contributed by atoms with E-state index in [0.717, 1.165) is 152 Å². The Kier molecular flexibility index (Phi) is 19.1. The minimum Gasteiger partial charge on any atom is -0.466 e. The molecule has 0 aromatic heterocycles. The van der Waals surface area contributed by atoms with Crippen molar-refractivity contribution in [2.45, 2.75) is 307 Å². The van der Waals surface area contributed by atoms with Crippen LogP contribution in [0, 0.1) is 129 Å². The van der Waals surface area contributed by atoms with Crippen molar-refractivity contribution in [1.29, 1.82) is 0 Å². The van der Waals surface area contributed by atoms with Crippen LogP contribution in [0.3, 0.4) is 0 Å². The second-order valence-electron chi connectivity index (χ2n) is 39.4. The molecule has 30 atom stereocenters. The molecule has 24 heteroatoms. The van der Waals surface area contributed by atoms with Crippen LogP contribution in [-0.4, -0.2) is 165 Å². The number of carbonyl (C=O) groups excluding carboxylic acids is 9. The molecule has 0 aromatic carbocycles. The Bertz CT molecular complexity index is 3500. The maximum Gasteiger partial charge on any atom is 0.312 e. The van der Waals surface area contributed by atoms with E-state index in [-0.39, 0.29) is 141 Å². The van der Waals surface area contributed by atoms with Gasteiger partial charge in [0.2, 0.25) is 5.91 Å². The second-order valence-corrected chi connectivity index (χ2v) is 41.2. The van der Waals surface area contributed by atoms with Gasteiger partial charge in [0.15, 0.2) is 0 Å². The molecule has 20 bridgehead atoms. The first-order valence-corrected chi connectivity index (χ1v) is 42.9. The smallest absolute Gasteiger partial charge is 0.312 e. The van der Waals surface area contributed by atoms with Crippen LogP contribution >= 0.6 is 0 Å². The zero-order valence-corrected chi connectivity index (χ0v) is 64.3. The molecule has 0 aromatic rings. The maximum atomic E-state index is 12.2. The lowest BCUT2D eigenvalue weighted by Gasteiger charge is -2.37. The van der Waals surface area contributed by atoms with Crippen LogP contribution in [0.4, 0.5) is 0 Å². The molecule has 15 saturated heterocycles. The van der Waals surface area contributed by atoms with Crippen LogP contribution < -0.4 is 0 Å². The van der Waals surface area contributed by atoms with Crippen molar-refractivity contribution >= 4 is 63.8 Å². The van der Waals surface area contributed by atoms with E-state index in [9.17, 15) is 51.6 Å². The number of likely N-dealkylation sites (tertiary alicyclic amines) is 1. The lowest BCUT2D eigenvalue weighted by atomic mass is 9.68. The average Bonchev–Trinajstić information content (AvgIpc) is 1.57. The Morgan fingerprint density at radius 3 is 1.63 bits per heavy atom. The van der Waals surface area contributed by atoms with Crippen LogP contribution in [0.1, 0.15) is 229 Å². The third kappa shape index (κ3) is 13.0. The van der Waals surface area contributed by atoms with E-state index in [2.05, 4.69) is 58.1 Å². The maximum absolute atomic E-state index is 12.2. The van der Waals surface area contributed by atoms with Crippen LogP contribution in [-0.2, 0) is 105 Å². The minimum absolute atomic E-state index is 0.0127. The number of hydrogen-bond acceptors (Lipinski definition) is 22. The van der Waals surface area contributed by atoms with Gasteiger partial charge in [0.05, 0.1) is 90.4 Å². The SMILES string of the molecule is CC(C)(C)N1C(=O)C2CC3CC2C1C3.CC1(C)C2CCC1C(=O)O2.CC12CCC(OC1=O)C2(C)C.O=C1CCCO1.O=C1OC2CC3CC(C2)CC1C3.O=C1OC2CC3CC1C2C3.O=C1OC2CC3CC1C2O3.O=C1OCC2C3CCC(C3)C12.O=C1OCC2C3CCC(O3)C12.O=S1(=O)OC2CC3CC2C1C3. The van der Waals surface area contributed by atoms with E-state index in [1.165, 1.54) is 51.4 Å². The first kappa shape index (κ1) is 73.8. The van der Waals surface area contributed by atoms with Crippen molar-refractivity contribution in [1.82, 2.24) is 4.90 Å². The summed E-state index contributed by atoms with van der Waals surface area (Å²) in [6, 6.07) is 0.589. The van der Waals surface area contributed by atoms with Crippen LogP contribution in [0.15, 0.2) is 0 Å². The van der Waals surface area contributed by atoms with Crippen molar-refractivity contribution in [2.24, 2.45) is 129 Å². The van der Waals surface area contributed by atoms with Crippen LogP contribution in [0.2, 0.25) is 0 Å². The molecule has 106 heavy (non-hydrogen) atoms. The van der Waals surface area contributed by atoms with Gasteiger partial charge >= 0.3 is 47.8 Å². The summed E-state index contributed by atoms with van der Waals surface area (Å²) in [6.45, 7) is 19.0. The van der Waals surface area contributed by atoms with E-state index in [1.807, 2.05) is 6.92 Å². The van der Waals surface area contributed by atoms with E-state index in [0.29, 0.717) is 109 Å². The number of ether oxygens (including phenoxy) is 10. The summed E-state index contributed by atoms with van der Waals surface area (Å²) in [7, 11) is -3.13. The summed E-state index contributed by atoms with van der Waals surface area (Å²) in [5.74, 6) is 10.5. The second kappa shape index (κ2) is 27.5. The molecule has 586 valence electrons. The first-order valence-electron chi connectivity index (χ1n) is 41.4. The van der Waals surface area contributed by atoms with E-state index in [1.54, 1.807) is 0 Å². The van der Waals surface area contributed by atoms with E-state index >= 15 is 0 Å². The van der Waals surface area contributed by atoms with Gasteiger partial charge in [-0.2, -0.15) is 8.42 Å². The molecule has 12 saturated carbocycles. The molecule has 15 heterocycles. The Balaban J connectivity index is 0.0000000870. The predicted molar refractivity (Wildman–Crippen MR) is 374 cm³/mol. The fourth-order valence-corrected chi connectivity index (χ4v) is 28.2. The van der Waals surface area contributed by atoms with Gasteiger partial charge in [0, 0.05) is 64.8 Å². The summed E-state index contributed by atoms with van der Waals surface area (Å²) >= 11 is 0. The number of hydrogen-bond donors (Lipinski definition) is 0. The number of amides is 1. The largest absolute Gasteiger partial charge is 0.466 e. The molecule has 23 nitrogen and oxygen atoms in total. The molecular formula is C82H115NO22S. The van der Waals surface area contributed by atoms with Crippen molar-refractivity contribution < 1.29 is 103 Å². The Labute approximate surface area is 623 Å². The Morgan fingerprint density at radius 2 is 1.11 bits per heavy atom. The molecule has 1 amide bonds. The number of fused-ring (bicyclic) bond motifs is 19. The predicted octanol–water partition coefficient (Wildman–Crippen LogP) is 10.3. The summed E-state index contributed by atoms with van der Waals surface area (Å²) in [5, 5.41) is -0.133. The number of rotatable bonds is 0. The van der Waals surface area contributed by atoms with Crippen molar-refractivity contribution in [3.63, 3.8) is 0 Å². The van der Waals surface area contributed by atoms with Gasteiger partial charge in [-0.1, -0.05) is 27.7 Å². The Hall–Kier alpha value is -4.94. The third-order valence-corrected chi connectivity index (χ3v) is 33.7. The van der Waals surface area contributed by atoms with Crippen molar-refractivity contribution in [3.05, 3.63) is 0 Å². The van der Waals surface area contributed by atoms with Gasteiger partial charge in [-0.25, -0.2) is 0 Å². The molecule has 0 spiro atoms. The van der Waals surface area contributed by atoms with Gasteiger partial charge in [-0.05, 0) is 236 Å². The molecule has 0 radical (unpaired) electrons. The highest BCUT2D eigenvalue weighted by Gasteiger charge is 2.66. The lowest BCUT2D eigenvalue weighted by Crippen LogP contribution is -2.47. The molecule has 27 rings (SSSR count). The van der Waals surface area contributed by atoms with E-state index < -0.39 is 10.1 Å². The number of carbonyl (C=O) groups is 9. The van der Waals surface area contributed by atoms with E-state index in [4.69, 9.17) is 46.8 Å². The zero-order chi connectivity index (χ0) is 74.2. The molecule has 27 aliphatic rings. The standard InChI is InChI=1S/C12H19NO.C10H14O2.C9H12O2.C9H14O2.C8H10O3.C8H10O2.C8H12O2.C7H10O3S.C7H8O3.C4H6O2/c1-12(2,3)13-10-6-7-4-8(10)9(5-7)11(13)14;11-10-8-2-6-1-7(3-8)5-9(4-6)12-10;10-9-8-6-2-1-5(3-6)7(8)4-11-9;1-8(2)6-4-5-9(8,3)7(10)11-6;9-8-7-4(3-10-8)5-1-2-6(7)11-5;9-8-6-2-4-1-5(6)7(3-4)10-8;1-8(2)5-3-4-6(8)10-7(5)9;8-11(9)7-3-4-1-5(7)6(2-4)10-11;8-7-4-1-3-2-5(10-7)6(4)9-3;5-4-2-1-3-6-4/h7-10H,4-6H2,1-3H3;6-9H,1-5H2;5-8H,1-4H2;6H,4-5H2,1-3H3;4-7H,1-3H2;4-7H,1-3H2;5-6H,3-4H2,1-2H3;4-7H,1-3H2;3-6H,1-2H2;1-3H2. The molecule has 30 unspecified atom stereocenters. The van der Waals surface area contributed by atoms with Crippen LogP contribution in [0.5, 0.6) is 0 Å². The first-order chi connectivity index (χ1) is 50.4. The summed E-state index contributed by atoms with van der Waals surface area (Å²) < 4.78 is 79.2. The highest BCUT2D eigenvalue weighted by Crippen LogP contribution is 2.62. The van der Waals surface area contributed by atoms with Crippen LogP contribution in [0.25, 0.3) is 0 Å². The lowest BCUT2D eigenvalue weighted by molar-refractivity contribution is -0.153. The molecule has 27 fully saturated rings. The topological polar surface area (TPSA) is 293 Å². The van der Waals surface area contributed by atoms with Gasteiger partial charge in [-0.15, -0.1) is 0 Å². The minimum atomic E-state index is -3.13. The quantitative estimate of drug-likeness (QED) is 0.124. The number of cyclic esters (lactones) is 3. The average molecular weight is 1500 g/mol. The third-order valence-electron chi connectivity index (χ3n) is 31.9. The normalized spacial score (nSPS) is 49.1. The van der Waals surface area contributed by atoms with Gasteiger partial charge in [0.25, 0.3) is 10.1 Å². The van der Waals surface area contributed by atoms with Gasteiger partial charge < -0.3 is 52.3 Å². The molecule has 0 N–H and O–H groups in total. The molecular weight excluding hydrogens is 1380 g/mol. The Morgan fingerprint density at radius 1 is 0.453 bits per heavy atom. The summed E-state index contributed by atoms with van der Waals surface area (Å²) in [4.78, 5) is 103. The fraction of sp³-hybridized carbons (Fsp3) is 0.890. The molecule has 15 aliphatic heterocycles. The monoisotopic (exact) mass is 1500 g/mol. The number of nitrogens with zero attached hydrogens (tertiary/aromatic N) is 1. The summed E-state index contributed by atoms with van der Waals surface area (Å²) in [6.07, 6.45) is 32.0. The van der Waals surface area contributed by atoms with Crippen molar-refractivity contribution in [3.8, 4) is 0 Å². The highest BCUT2D eigenvalue weighted by molar-refractivity contribution is 7.87. The van der Waals surface area contributed by atoms with Gasteiger partial charge in [0.1, 0.15) is 36.6 Å². The summed E-state index contributed by atoms with van der Waals surface area (Å²) in [5.41, 5.74) is 0.0206. The van der Waals surface area contributed by atoms with Gasteiger partial charge in [-0.3, -0.25) is 47.3 Å².